The Hall–Kier alpha value is -1.88. The van der Waals surface area contributed by atoms with Gasteiger partial charge in [-0.25, -0.2) is 34.6 Å². The average molecular weight is 404 g/mol. The summed E-state index contributed by atoms with van der Waals surface area (Å²) in [6.45, 7) is 0.0641. The van der Waals surface area contributed by atoms with Crippen LogP contribution in [0.25, 0.3) is 0 Å². The van der Waals surface area contributed by atoms with Crippen LogP contribution in [0.5, 0.6) is 0 Å². The third kappa shape index (κ3) is 5.07. The smallest absolute Gasteiger partial charge is 0.211 e. The molecular weight excluding hydrogens is 386 g/mol. The van der Waals surface area contributed by atoms with Crippen LogP contribution in [0.4, 0.5) is 8.78 Å². The molecule has 0 atom stereocenters. The SMILES string of the molecule is CN(CCCNS(=O)(=O)c1ccc(F)cc1)S(=O)(=O)c1ccc(F)cc1. The Morgan fingerprint density at radius 1 is 0.846 bits per heavy atom. The molecule has 0 aliphatic rings. The van der Waals surface area contributed by atoms with Crippen LogP contribution in [0.2, 0.25) is 0 Å². The lowest BCUT2D eigenvalue weighted by Gasteiger charge is -2.17. The first kappa shape index (κ1) is 20.4. The Balaban J connectivity index is 1.90. The van der Waals surface area contributed by atoms with Gasteiger partial charge in [-0.15, -0.1) is 0 Å². The van der Waals surface area contributed by atoms with E-state index in [0.717, 1.165) is 40.7 Å². The van der Waals surface area contributed by atoms with Crippen LogP contribution in [-0.4, -0.2) is 41.3 Å². The van der Waals surface area contributed by atoms with Crippen LogP contribution in [0.3, 0.4) is 0 Å². The second-order valence-corrected chi connectivity index (χ2v) is 9.30. The lowest BCUT2D eigenvalue weighted by Crippen LogP contribution is -2.31. The van der Waals surface area contributed by atoms with Gasteiger partial charge in [0.1, 0.15) is 11.6 Å². The fraction of sp³-hybridized carbons (Fsp3) is 0.250. The van der Waals surface area contributed by atoms with Crippen molar-refractivity contribution in [2.45, 2.75) is 16.2 Å². The molecule has 2 aromatic rings. The van der Waals surface area contributed by atoms with Crippen molar-refractivity contribution >= 4 is 20.0 Å². The monoisotopic (exact) mass is 404 g/mol. The molecule has 0 bridgehead atoms. The topological polar surface area (TPSA) is 83.6 Å². The molecule has 0 unspecified atom stereocenters. The van der Waals surface area contributed by atoms with Crippen LogP contribution in [-0.2, 0) is 20.0 Å². The lowest BCUT2D eigenvalue weighted by atomic mass is 10.4. The normalized spacial score (nSPS) is 12.5. The van der Waals surface area contributed by atoms with Gasteiger partial charge in [0, 0.05) is 20.1 Å². The summed E-state index contributed by atoms with van der Waals surface area (Å²) in [5, 5.41) is 0. The van der Waals surface area contributed by atoms with Crippen molar-refractivity contribution in [3.63, 3.8) is 0 Å². The second kappa shape index (κ2) is 8.21. The average Bonchev–Trinajstić information content (AvgIpc) is 2.59. The van der Waals surface area contributed by atoms with Gasteiger partial charge in [-0.2, -0.15) is 0 Å². The summed E-state index contributed by atoms with van der Waals surface area (Å²) in [7, 11) is -6.22. The van der Waals surface area contributed by atoms with E-state index < -0.39 is 31.7 Å². The first-order chi connectivity index (χ1) is 12.1. The molecule has 0 fully saturated rings. The molecule has 0 amide bonds. The summed E-state index contributed by atoms with van der Waals surface area (Å²) in [4.78, 5) is -0.125. The van der Waals surface area contributed by atoms with Crippen molar-refractivity contribution in [2.24, 2.45) is 0 Å². The molecule has 142 valence electrons. The Kier molecular flexibility index (Phi) is 6.45. The van der Waals surface area contributed by atoms with Crippen molar-refractivity contribution in [3.8, 4) is 0 Å². The van der Waals surface area contributed by atoms with Crippen LogP contribution < -0.4 is 4.72 Å². The zero-order valence-electron chi connectivity index (χ0n) is 13.9. The molecule has 6 nitrogen and oxygen atoms in total. The minimum Gasteiger partial charge on any atom is -0.211 e. The number of nitrogens with zero attached hydrogens (tertiary/aromatic N) is 1. The number of nitrogens with one attached hydrogen (secondary N) is 1. The van der Waals surface area contributed by atoms with E-state index >= 15 is 0 Å². The largest absolute Gasteiger partial charge is 0.242 e. The number of benzene rings is 2. The zero-order valence-corrected chi connectivity index (χ0v) is 15.5. The standard InChI is InChI=1S/C16H18F2N2O4S2/c1-20(26(23,24)16-9-5-14(18)6-10-16)12-2-11-19-25(21,22)15-7-3-13(17)4-8-15/h3-10,19H,2,11-12H2,1H3. The summed E-state index contributed by atoms with van der Waals surface area (Å²) >= 11 is 0. The molecule has 0 aromatic heterocycles. The number of rotatable bonds is 8. The van der Waals surface area contributed by atoms with Crippen LogP contribution in [0, 0.1) is 11.6 Å². The van der Waals surface area contributed by atoms with Gasteiger partial charge in [0.2, 0.25) is 20.0 Å². The van der Waals surface area contributed by atoms with Crippen molar-refractivity contribution < 1.29 is 25.6 Å². The van der Waals surface area contributed by atoms with Crippen molar-refractivity contribution in [1.82, 2.24) is 9.03 Å². The molecule has 0 aliphatic heterocycles. The van der Waals surface area contributed by atoms with E-state index in [2.05, 4.69) is 4.72 Å². The fourth-order valence-corrected chi connectivity index (χ4v) is 4.40. The molecule has 2 aromatic carbocycles. The van der Waals surface area contributed by atoms with Crippen LogP contribution in [0.1, 0.15) is 6.42 Å². The molecule has 0 aliphatic carbocycles. The van der Waals surface area contributed by atoms with Crippen LogP contribution >= 0.6 is 0 Å². The fourth-order valence-electron chi connectivity index (χ4n) is 2.11. The molecule has 0 saturated heterocycles. The minimum atomic E-state index is -3.79. The number of halogens is 2. The van der Waals surface area contributed by atoms with E-state index in [-0.39, 0.29) is 29.3 Å². The van der Waals surface area contributed by atoms with E-state index in [9.17, 15) is 25.6 Å². The van der Waals surface area contributed by atoms with Gasteiger partial charge in [-0.1, -0.05) is 0 Å². The van der Waals surface area contributed by atoms with Crippen molar-refractivity contribution in [2.75, 3.05) is 20.1 Å². The van der Waals surface area contributed by atoms with E-state index in [0.29, 0.717) is 0 Å². The van der Waals surface area contributed by atoms with Crippen LogP contribution in [0.15, 0.2) is 58.3 Å². The summed E-state index contributed by atoms with van der Waals surface area (Å²) in [6, 6.07) is 8.80. The molecule has 1 N–H and O–H groups in total. The van der Waals surface area contributed by atoms with Gasteiger partial charge in [0.25, 0.3) is 0 Å². The van der Waals surface area contributed by atoms with E-state index in [4.69, 9.17) is 0 Å². The van der Waals surface area contributed by atoms with E-state index in [1.807, 2.05) is 0 Å². The Morgan fingerprint density at radius 3 is 1.81 bits per heavy atom. The Bertz CT molecular complexity index is 945. The minimum absolute atomic E-state index is 0.00296. The van der Waals surface area contributed by atoms with Crippen molar-refractivity contribution in [1.29, 1.82) is 0 Å². The van der Waals surface area contributed by atoms with Gasteiger partial charge in [0.05, 0.1) is 9.79 Å². The van der Waals surface area contributed by atoms with Gasteiger partial charge in [-0.3, -0.25) is 0 Å². The maximum atomic E-state index is 12.9. The highest BCUT2D eigenvalue weighted by Crippen LogP contribution is 2.15. The Labute approximate surface area is 151 Å². The second-order valence-electron chi connectivity index (χ2n) is 5.49. The number of hydrogen-bond donors (Lipinski definition) is 1. The van der Waals surface area contributed by atoms with Gasteiger partial charge >= 0.3 is 0 Å². The third-order valence-electron chi connectivity index (χ3n) is 3.59. The highest BCUT2D eigenvalue weighted by molar-refractivity contribution is 7.89. The summed E-state index contributed by atoms with van der Waals surface area (Å²) in [5.41, 5.74) is 0. The molecular formula is C16H18F2N2O4S2. The highest BCUT2D eigenvalue weighted by Gasteiger charge is 2.20. The number of hydrogen-bond acceptors (Lipinski definition) is 4. The van der Waals surface area contributed by atoms with E-state index in [1.165, 1.54) is 19.2 Å². The Morgan fingerprint density at radius 2 is 1.31 bits per heavy atom. The third-order valence-corrected chi connectivity index (χ3v) is 6.94. The number of sulfonamides is 2. The molecule has 0 saturated carbocycles. The summed E-state index contributed by atoms with van der Waals surface area (Å²) < 4.78 is 77.8. The first-order valence-corrected chi connectivity index (χ1v) is 10.5. The van der Waals surface area contributed by atoms with E-state index in [1.54, 1.807) is 0 Å². The quantitative estimate of drug-likeness (QED) is 0.682. The van der Waals surface area contributed by atoms with Gasteiger partial charge < -0.3 is 0 Å². The predicted octanol–water partition coefficient (Wildman–Crippen LogP) is 1.95. The predicted molar refractivity (Wildman–Crippen MR) is 92.4 cm³/mol. The summed E-state index contributed by atoms with van der Waals surface area (Å²) in [6.07, 6.45) is 0.220. The molecule has 10 heteroatoms. The molecule has 2 rings (SSSR count). The maximum absolute atomic E-state index is 12.9. The molecule has 0 spiro atoms. The zero-order chi connectivity index (χ0) is 19.4. The van der Waals surface area contributed by atoms with Gasteiger partial charge in [-0.05, 0) is 55.0 Å². The van der Waals surface area contributed by atoms with Crippen molar-refractivity contribution in [3.05, 3.63) is 60.2 Å². The lowest BCUT2D eigenvalue weighted by molar-refractivity contribution is 0.460. The molecule has 0 radical (unpaired) electrons. The highest BCUT2D eigenvalue weighted by atomic mass is 32.2. The van der Waals surface area contributed by atoms with Gasteiger partial charge in [0.15, 0.2) is 0 Å². The first-order valence-electron chi connectivity index (χ1n) is 7.60. The maximum Gasteiger partial charge on any atom is 0.242 e. The molecule has 26 heavy (non-hydrogen) atoms. The summed E-state index contributed by atoms with van der Waals surface area (Å²) in [5.74, 6) is -1.08. The molecule has 0 heterocycles.